The lowest BCUT2D eigenvalue weighted by atomic mass is 9.95. The van der Waals surface area contributed by atoms with E-state index in [2.05, 4.69) is 6.58 Å². The number of amides is 2. The van der Waals surface area contributed by atoms with Crippen molar-refractivity contribution in [2.45, 2.75) is 19.0 Å². The number of piperidine rings is 1. The molecular weight excluding hydrogens is 341 g/mol. The van der Waals surface area contributed by atoms with Crippen LogP contribution in [0.2, 0.25) is 0 Å². The van der Waals surface area contributed by atoms with Crippen molar-refractivity contribution in [3.63, 3.8) is 0 Å². The van der Waals surface area contributed by atoms with E-state index in [4.69, 9.17) is 0 Å². The van der Waals surface area contributed by atoms with Gasteiger partial charge in [-0.15, -0.1) is 17.9 Å². The molecule has 0 saturated carbocycles. The number of hydrogen-bond donors (Lipinski definition) is 0. The van der Waals surface area contributed by atoms with Crippen molar-refractivity contribution in [3.8, 4) is 0 Å². The highest BCUT2D eigenvalue weighted by atomic mass is 32.1. The number of carbonyl (C=O) groups is 2. The van der Waals surface area contributed by atoms with Crippen LogP contribution in [0.5, 0.6) is 0 Å². The highest BCUT2D eigenvalue weighted by molar-refractivity contribution is 7.12. The van der Waals surface area contributed by atoms with E-state index in [0.29, 0.717) is 30.8 Å². The van der Waals surface area contributed by atoms with Crippen LogP contribution >= 0.6 is 11.3 Å². The molecule has 0 aliphatic carbocycles. The van der Waals surface area contributed by atoms with Crippen molar-refractivity contribution < 1.29 is 22.8 Å². The number of thiophene rings is 1. The van der Waals surface area contributed by atoms with Gasteiger partial charge in [-0.05, 0) is 24.3 Å². The normalized spacial score (nSPS) is 16.0. The topological polar surface area (TPSA) is 40.6 Å². The summed E-state index contributed by atoms with van der Waals surface area (Å²) in [6.07, 6.45) is -2.39. The third kappa shape index (κ3) is 4.83. The predicted octanol–water partition coefficient (Wildman–Crippen LogP) is 3.18. The maximum atomic E-state index is 12.6. The van der Waals surface area contributed by atoms with E-state index >= 15 is 0 Å². The molecule has 0 aromatic carbocycles. The molecule has 0 unspecified atom stereocenters. The zero-order valence-corrected chi connectivity index (χ0v) is 13.9. The number of hydrogen-bond acceptors (Lipinski definition) is 3. The maximum absolute atomic E-state index is 12.6. The number of carbonyl (C=O) groups excluding carboxylic acids is 2. The number of rotatable bonds is 5. The van der Waals surface area contributed by atoms with Gasteiger partial charge >= 0.3 is 6.18 Å². The third-order valence-electron chi connectivity index (χ3n) is 3.89. The van der Waals surface area contributed by atoms with E-state index in [1.54, 1.807) is 17.0 Å². The van der Waals surface area contributed by atoms with Gasteiger partial charge in [-0.2, -0.15) is 13.2 Å². The maximum Gasteiger partial charge on any atom is 0.406 e. The lowest BCUT2D eigenvalue weighted by molar-refractivity contribution is -0.163. The van der Waals surface area contributed by atoms with Crippen molar-refractivity contribution in [1.29, 1.82) is 0 Å². The average Bonchev–Trinajstić information content (AvgIpc) is 3.06. The second kappa shape index (κ2) is 7.83. The molecule has 2 heterocycles. The number of nitrogens with zero attached hydrogens (tertiary/aromatic N) is 2. The molecule has 2 amide bonds. The van der Waals surface area contributed by atoms with Gasteiger partial charge in [0.2, 0.25) is 5.91 Å². The van der Waals surface area contributed by atoms with Crippen LogP contribution in [0.4, 0.5) is 13.2 Å². The van der Waals surface area contributed by atoms with Crippen molar-refractivity contribution >= 4 is 23.2 Å². The number of likely N-dealkylation sites (tertiary alicyclic amines) is 1. The molecule has 24 heavy (non-hydrogen) atoms. The lowest BCUT2D eigenvalue weighted by Gasteiger charge is -2.34. The van der Waals surface area contributed by atoms with E-state index in [1.165, 1.54) is 17.4 Å². The van der Waals surface area contributed by atoms with Gasteiger partial charge in [-0.25, -0.2) is 0 Å². The van der Waals surface area contributed by atoms with E-state index in [9.17, 15) is 22.8 Å². The molecule has 1 aliphatic heterocycles. The Hall–Kier alpha value is -1.83. The summed E-state index contributed by atoms with van der Waals surface area (Å²) in [6, 6.07) is 3.53. The van der Waals surface area contributed by atoms with Gasteiger partial charge in [0.15, 0.2) is 0 Å². The fourth-order valence-electron chi connectivity index (χ4n) is 2.75. The van der Waals surface area contributed by atoms with Gasteiger partial charge in [-0.3, -0.25) is 9.59 Å². The summed E-state index contributed by atoms with van der Waals surface area (Å²) in [4.78, 5) is 27.7. The van der Waals surface area contributed by atoms with Crippen LogP contribution in [0.1, 0.15) is 22.5 Å². The van der Waals surface area contributed by atoms with Crippen molar-refractivity contribution in [2.24, 2.45) is 5.92 Å². The number of halogens is 3. The largest absolute Gasteiger partial charge is 0.406 e. The summed E-state index contributed by atoms with van der Waals surface area (Å²) in [5, 5.41) is 1.81. The van der Waals surface area contributed by atoms with Gasteiger partial charge in [0.05, 0.1) is 4.88 Å². The Morgan fingerprint density at radius 1 is 1.38 bits per heavy atom. The Balaban J connectivity index is 1.93. The lowest BCUT2D eigenvalue weighted by Crippen LogP contribution is -2.46. The molecule has 0 N–H and O–H groups in total. The summed E-state index contributed by atoms with van der Waals surface area (Å²) >= 11 is 1.35. The summed E-state index contributed by atoms with van der Waals surface area (Å²) < 4.78 is 37.8. The quantitative estimate of drug-likeness (QED) is 0.757. The molecular formula is C16H19F3N2O2S. The first-order valence-corrected chi connectivity index (χ1v) is 8.49. The monoisotopic (exact) mass is 360 g/mol. The molecule has 0 spiro atoms. The summed E-state index contributed by atoms with van der Waals surface area (Å²) in [5.41, 5.74) is 0. The minimum atomic E-state index is -4.44. The molecule has 2 rings (SSSR count). The fraction of sp³-hybridized carbons (Fsp3) is 0.500. The molecule has 0 bridgehead atoms. The van der Waals surface area contributed by atoms with Gasteiger partial charge in [0, 0.05) is 25.6 Å². The van der Waals surface area contributed by atoms with Crippen LogP contribution in [0.15, 0.2) is 30.2 Å². The van der Waals surface area contributed by atoms with Crippen LogP contribution in [0, 0.1) is 5.92 Å². The zero-order chi connectivity index (χ0) is 17.7. The van der Waals surface area contributed by atoms with E-state index in [-0.39, 0.29) is 12.5 Å². The van der Waals surface area contributed by atoms with Crippen LogP contribution in [0.3, 0.4) is 0 Å². The minimum absolute atomic E-state index is 0.0888. The van der Waals surface area contributed by atoms with Crippen molar-refractivity contribution in [2.75, 3.05) is 26.2 Å². The summed E-state index contributed by atoms with van der Waals surface area (Å²) in [6.45, 7) is 2.76. The van der Waals surface area contributed by atoms with Crippen molar-refractivity contribution in [1.82, 2.24) is 9.80 Å². The molecule has 1 aliphatic rings. The first-order valence-electron chi connectivity index (χ1n) is 7.61. The number of alkyl halides is 3. The Bertz CT molecular complexity index is 579. The second-order valence-electron chi connectivity index (χ2n) is 5.67. The Labute approximate surface area is 142 Å². The van der Waals surface area contributed by atoms with Crippen LogP contribution in [-0.2, 0) is 4.79 Å². The van der Waals surface area contributed by atoms with E-state index < -0.39 is 24.5 Å². The van der Waals surface area contributed by atoms with Gasteiger partial charge in [0.1, 0.15) is 6.54 Å². The molecule has 1 aromatic heterocycles. The Morgan fingerprint density at radius 3 is 2.54 bits per heavy atom. The highest BCUT2D eigenvalue weighted by Gasteiger charge is 2.36. The first kappa shape index (κ1) is 18.5. The SMILES string of the molecule is C=CCN(CC(F)(F)F)C(=O)C1CCN(C(=O)c2cccs2)CC1. The first-order chi connectivity index (χ1) is 11.3. The van der Waals surface area contributed by atoms with Crippen LogP contribution < -0.4 is 0 Å². The summed E-state index contributed by atoms with van der Waals surface area (Å²) in [7, 11) is 0. The second-order valence-corrected chi connectivity index (χ2v) is 6.61. The standard InChI is InChI=1S/C16H19F3N2O2S/c1-2-7-21(11-16(17,18)19)14(22)12-5-8-20(9-6-12)15(23)13-4-3-10-24-13/h2-4,10,12H,1,5-9,11H2. The van der Waals surface area contributed by atoms with Gasteiger partial charge in [0.25, 0.3) is 5.91 Å². The molecule has 8 heteroatoms. The Morgan fingerprint density at radius 2 is 2.04 bits per heavy atom. The fourth-order valence-corrected chi connectivity index (χ4v) is 3.44. The minimum Gasteiger partial charge on any atom is -0.338 e. The Kier molecular flexibility index (Phi) is 6.04. The molecule has 4 nitrogen and oxygen atoms in total. The predicted molar refractivity (Wildman–Crippen MR) is 85.8 cm³/mol. The molecule has 0 radical (unpaired) electrons. The molecule has 1 saturated heterocycles. The molecule has 1 aromatic rings. The molecule has 1 fully saturated rings. The molecule has 0 atom stereocenters. The summed E-state index contributed by atoms with van der Waals surface area (Å²) in [5.74, 6) is -1.09. The van der Waals surface area contributed by atoms with E-state index in [1.807, 2.05) is 5.38 Å². The molecule has 132 valence electrons. The van der Waals surface area contributed by atoms with Gasteiger partial charge in [-0.1, -0.05) is 12.1 Å². The third-order valence-corrected chi connectivity index (χ3v) is 4.75. The average molecular weight is 360 g/mol. The van der Waals surface area contributed by atoms with E-state index in [0.717, 1.165) is 4.90 Å². The highest BCUT2D eigenvalue weighted by Crippen LogP contribution is 2.24. The zero-order valence-electron chi connectivity index (χ0n) is 13.1. The smallest absolute Gasteiger partial charge is 0.338 e. The van der Waals surface area contributed by atoms with Crippen LogP contribution in [-0.4, -0.2) is 54.0 Å². The van der Waals surface area contributed by atoms with Crippen molar-refractivity contribution in [3.05, 3.63) is 35.0 Å². The van der Waals surface area contributed by atoms with Gasteiger partial charge < -0.3 is 9.80 Å². The van der Waals surface area contributed by atoms with Crippen LogP contribution in [0.25, 0.3) is 0 Å².